The molecule has 0 fully saturated rings. The van der Waals surface area contributed by atoms with Gasteiger partial charge in [-0.1, -0.05) is 18.2 Å². The monoisotopic (exact) mass is 360 g/mol. The van der Waals surface area contributed by atoms with Gasteiger partial charge in [-0.3, -0.25) is 4.90 Å². The molecule has 0 aliphatic carbocycles. The first-order valence-electron chi connectivity index (χ1n) is 7.33. The maximum atomic E-state index is 12.5. The summed E-state index contributed by atoms with van der Waals surface area (Å²) < 4.78 is 45.5. The van der Waals surface area contributed by atoms with E-state index in [2.05, 4.69) is 9.84 Å². The van der Waals surface area contributed by atoms with E-state index in [1.54, 1.807) is 30.2 Å². The lowest BCUT2D eigenvalue weighted by Crippen LogP contribution is -2.24. The maximum absolute atomic E-state index is 12.5. The topological polar surface area (TPSA) is 35.2 Å². The molecular formula is C15H19F3N4OS. The molecule has 0 unspecified atom stereocenters. The Morgan fingerprint density at radius 3 is 2.54 bits per heavy atom. The molecule has 2 aromatic rings. The van der Waals surface area contributed by atoms with Crippen LogP contribution in [0.3, 0.4) is 0 Å². The average Bonchev–Trinajstić information content (AvgIpc) is 2.81. The van der Waals surface area contributed by atoms with Crippen molar-refractivity contribution in [1.29, 1.82) is 0 Å². The maximum Gasteiger partial charge on any atom is 0.573 e. The minimum Gasteiger partial charge on any atom is -0.405 e. The van der Waals surface area contributed by atoms with Gasteiger partial charge in [0.25, 0.3) is 0 Å². The number of hydrogen-bond acceptors (Lipinski definition) is 4. The molecule has 0 bridgehead atoms. The molecule has 0 saturated carbocycles. The van der Waals surface area contributed by atoms with E-state index in [1.807, 2.05) is 23.3 Å². The Bertz CT molecular complexity index is 739. The summed E-state index contributed by atoms with van der Waals surface area (Å²) in [5, 5.41) is 4.22. The van der Waals surface area contributed by atoms with Crippen molar-refractivity contribution in [2.45, 2.75) is 39.5 Å². The molecule has 0 saturated heterocycles. The van der Waals surface area contributed by atoms with E-state index in [4.69, 9.17) is 12.2 Å². The molecule has 1 aromatic heterocycles. The van der Waals surface area contributed by atoms with Crippen LogP contribution in [0.15, 0.2) is 30.6 Å². The molecule has 0 amide bonds. The van der Waals surface area contributed by atoms with E-state index in [0.29, 0.717) is 17.0 Å². The van der Waals surface area contributed by atoms with Crippen LogP contribution in [-0.4, -0.2) is 32.7 Å². The van der Waals surface area contributed by atoms with Crippen LogP contribution < -0.4 is 4.74 Å². The van der Waals surface area contributed by atoms with E-state index in [-0.39, 0.29) is 18.3 Å². The van der Waals surface area contributed by atoms with E-state index in [0.717, 1.165) is 0 Å². The third kappa shape index (κ3) is 4.81. The first-order valence-corrected chi connectivity index (χ1v) is 7.74. The Kier molecular flexibility index (Phi) is 5.66. The molecule has 1 aromatic carbocycles. The highest BCUT2D eigenvalue weighted by Crippen LogP contribution is 2.27. The number of alkyl halides is 3. The molecule has 0 aliphatic rings. The van der Waals surface area contributed by atoms with Gasteiger partial charge in [0.05, 0.1) is 6.67 Å². The molecule has 0 aliphatic heterocycles. The van der Waals surface area contributed by atoms with Crippen LogP contribution in [0.25, 0.3) is 0 Å². The van der Waals surface area contributed by atoms with Crippen molar-refractivity contribution in [1.82, 2.24) is 19.2 Å². The Morgan fingerprint density at radius 2 is 1.96 bits per heavy atom. The van der Waals surface area contributed by atoms with Gasteiger partial charge in [-0.2, -0.15) is 5.10 Å². The van der Waals surface area contributed by atoms with Crippen molar-refractivity contribution in [3.05, 3.63) is 40.9 Å². The minimum atomic E-state index is -4.72. The minimum absolute atomic E-state index is 0.192. The zero-order valence-corrected chi connectivity index (χ0v) is 14.4. The van der Waals surface area contributed by atoms with Crippen LogP contribution >= 0.6 is 12.2 Å². The number of ether oxygens (including phenoxy) is 1. The normalized spacial score (nSPS) is 12.2. The standard InChI is InChI=1S/C15H19F3N4OS/c1-11(2)21-9-19-22(14(21)24)10-20(3)8-12-6-4-5-7-13(12)23-15(16,17)18/h4-7,9,11H,8,10H2,1-3H3. The number of para-hydroxylation sites is 1. The predicted octanol–water partition coefficient (Wildman–Crippen LogP) is 3.98. The van der Waals surface area contributed by atoms with Crippen LogP contribution in [0.5, 0.6) is 5.75 Å². The van der Waals surface area contributed by atoms with Crippen LogP contribution in [0, 0.1) is 4.77 Å². The van der Waals surface area contributed by atoms with Gasteiger partial charge in [0, 0.05) is 18.2 Å². The molecule has 9 heteroatoms. The largest absolute Gasteiger partial charge is 0.573 e. The lowest BCUT2D eigenvalue weighted by Gasteiger charge is -2.19. The van der Waals surface area contributed by atoms with Crippen LogP contribution in [0.4, 0.5) is 13.2 Å². The summed E-state index contributed by atoms with van der Waals surface area (Å²) in [5.41, 5.74) is 0.437. The number of halogens is 3. The van der Waals surface area contributed by atoms with Crippen molar-refractivity contribution in [3.8, 4) is 5.75 Å². The fourth-order valence-corrected chi connectivity index (χ4v) is 2.59. The first kappa shape index (κ1) is 18.5. The van der Waals surface area contributed by atoms with Gasteiger partial charge < -0.3 is 9.30 Å². The number of hydrogen-bond donors (Lipinski definition) is 0. The number of aromatic nitrogens is 3. The number of rotatable bonds is 6. The van der Waals surface area contributed by atoms with Crippen LogP contribution in [0.2, 0.25) is 0 Å². The Hall–Kier alpha value is -1.87. The van der Waals surface area contributed by atoms with Gasteiger partial charge in [-0.05, 0) is 39.2 Å². The summed E-state index contributed by atoms with van der Waals surface area (Å²) in [5.74, 6) is -0.201. The first-order chi connectivity index (χ1) is 11.2. The van der Waals surface area contributed by atoms with Gasteiger partial charge in [0.15, 0.2) is 4.77 Å². The van der Waals surface area contributed by atoms with E-state index in [1.165, 1.54) is 12.1 Å². The Labute approximate surface area is 143 Å². The molecule has 0 N–H and O–H groups in total. The third-order valence-electron chi connectivity index (χ3n) is 3.33. The van der Waals surface area contributed by atoms with Gasteiger partial charge in [0.2, 0.25) is 0 Å². The molecule has 2 rings (SSSR count). The quantitative estimate of drug-likeness (QED) is 0.730. The van der Waals surface area contributed by atoms with Gasteiger partial charge >= 0.3 is 6.36 Å². The van der Waals surface area contributed by atoms with Crippen LogP contribution in [-0.2, 0) is 13.2 Å². The van der Waals surface area contributed by atoms with Crippen molar-refractivity contribution in [2.24, 2.45) is 0 Å². The lowest BCUT2D eigenvalue weighted by atomic mass is 10.2. The van der Waals surface area contributed by atoms with Crippen molar-refractivity contribution >= 4 is 12.2 Å². The highest BCUT2D eigenvalue weighted by Gasteiger charge is 2.32. The van der Waals surface area contributed by atoms with Gasteiger partial charge in [0.1, 0.15) is 12.1 Å². The summed E-state index contributed by atoms with van der Waals surface area (Å²) >= 11 is 5.35. The molecule has 1 heterocycles. The zero-order chi connectivity index (χ0) is 17.9. The fourth-order valence-electron chi connectivity index (χ4n) is 2.23. The highest BCUT2D eigenvalue weighted by molar-refractivity contribution is 7.71. The van der Waals surface area contributed by atoms with Crippen molar-refractivity contribution in [2.75, 3.05) is 7.05 Å². The molecule has 0 spiro atoms. The highest BCUT2D eigenvalue weighted by atomic mass is 32.1. The molecule has 24 heavy (non-hydrogen) atoms. The smallest absolute Gasteiger partial charge is 0.405 e. The second-order valence-corrected chi connectivity index (χ2v) is 6.09. The summed E-state index contributed by atoms with van der Waals surface area (Å²) in [7, 11) is 1.78. The predicted molar refractivity (Wildman–Crippen MR) is 86.0 cm³/mol. The summed E-state index contributed by atoms with van der Waals surface area (Å²) in [6.45, 7) is 4.62. The lowest BCUT2D eigenvalue weighted by molar-refractivity contribution is -0.275. The Morgan fingerprint density at radius 1 is 1.29 bits per heavy atom. The summed E-state index contributed by atoms with van der Waals surface area (Å²) in [4.78, 5) is 1.81. The van der Waals surface area contributed by atoms with Crippen LogP contribution in [0.1, 0.15) is 25.5 Å². The molecule has 132 valence electrons. The van der Waals surface area contributed by atoms with E-state index < -0.39 is 6.36 Å². The third-order valence-corrected chi connectivity index (χ3v) is 3.75. The fraction of sp³-hybridized carbons (Fsp3) is 0.467. The second-order valence-electron chi connectivity index (χ2n) is 5.73. The Balaban J connectivity index is 2.11. The summed E-state index contributed by atoms with van der Waals surface area (Å²) in [6.07, 6.45) is -3.06. The van der Waals surface area contributed by atoms with Gasteiger partial charge in [-0.15, -0.1) is 13.2 Å². The van der Waals surface area contributed by atoms with Crippen molar-refractivity contribution < 1.29 is 17.9 Å². The average molecular weight is 360 g/mol. The van der Waals surface area contributed by atoms with E-state index in [9.17, 15) is 13.2 Å². The molecular weight excluding hydrogens is 341 g/mol. The van der Waals surface area contributed by atoms with Gasteiger partial charge in [-0.25, -0.2) is 4.68 Å². The van der Waals surface area contributed by atoms with E-state index >= 15 is 0 Å². The molecule has 5 nitrogen and oxygen atoms in total. The summed E-state index contributed by atoms with van der Waals surface area (Å²) in [6, 6.07) is 6.27. The van der Waals surface area contributed by atoms with Crippen molar-refractivity contribution in [3.63, 3.8) is 0 Å². The SMILES string of the molecule is CC(C)n1cnn(CN(C)Cc2ccccc2OC(F)(F)F)c1=S. The molecule has 0 atom stereocenters. The zero-order valence-electron chi connectivity index (χ0n) is 13.6. The number of nitrogens with zero attached hydrogens (tertiary/aromatic N) is 4. The molecule has 0 radical (unpaired) electrons. The second kappa shape index (κ2) is 7.35. The number of benzene rings is 1.